The van der Waals surface area contributed by atoms with Gasteiger partial charge in [0.1, 0.15) is 0 Å². The van der Waals surface area contributed by atoms with E-state index in [4.69, 9.17) is 4.74 Å². The van der Waals surface area contributed by atoms with Gasteiger partial charge in [0, 0.05) is 19.7 Å². The molecule has 0 spiro atoms. The standard InChI is InChI=1S/C9H21NO2S/c1-8(4-5-13-3)10-6-9(11)7-12-2/h8-11H,4-7H2,1-3H3. The molecule has 0 rings (SSSR count). The first-order valence-corrected chi connectivity index (χ1v) is 5.99. The van der Waals surface area contributed by atoms with Crippen molar-refractivity contribution >= 4 is 11.8 Å². The fraction of sp³-hybridized carbons (Fsp3) is 1.00. The molecule has 0 saturated carbocycles. The van der Waals surface area contributed by atoms with Crippen molar-refractivity contribution in [3.63, 3.8) is 0 Å². The highest BCUT2D eigenvalue weighted by atomic mass is 32.2. The maximum Gasteiger partial charge on any atom is 0.0897 e. The van der Waals surface area contributed by atoms with Crippen molar-refractivity contribution in [2.24, 2.45) is 0 Å². The Bertz CT molecular complexity index is 114. The Morgan fingerprint density at radius 1 is 1.54 bits per heavy atom. The van der Waals surface area contributed by atoms with Crippen LogP contribution in [-0.4, -0.2) is 49.5 Å². The van der Waals surface area contributed by atoms with Gasteiger partial charge in [-0.1, -0.05) is 0 Å². The fourth-order valence-electron chi connectivity index (χ4n) is 0.985. The normalized spacial score (nSPS) is 15.7. The van der Waals surface area contributed by atoms with Crippen LogP contribution in [0.1, 0.15) is 13.3 Å². The monoisotopic (exact) mass is 207 g/mol. The summed E-state index contributed by atoms with van der Waals surface area (Å²) in [6, 6.07) is 0.471. The molecule has 2 atom stereocenters. The highest BCUT2D eigenvalue weighted by Gasteiger charge is 2.05. The van der Waals surface area contributed by atoms with Crippen LogP contribution in [0.4, 0.5) is 0 Å². The molecule has 0 aromatic carbocycles. The van der Waals surface area contributed by atoms with E-state index < -0.39 is 0 Å². The van der Waals surface area contributed by atoms with Gasteiger partial charge in [-0.25, -0.2) is 0 Å². The van der Waals surface area contributed by atoms with E-state index in [2.05, 4.69) is 18.5 Å². The summed E-state index contributed by atoms with van der Waals surface area (Å²) in [5.41, 5.74) is 0. The van der Waals surface area contributed by atoms with E-state index in [-0.39, 0.29) is 6.10 Å². The Balaban J connectivity index is 3.29. The van der Waals surface area contributed by atoms with Crippen LogP contribution >= 0.6 is 11.8 Å². The van der Waals surface area contributed by atoms with E-state index in [1.807, 2.05) is 11.8 Å². The molecule has 80 valence electrons. The number of rotatable bonds is 8. The van der Waals surface area contributed by atoms with Gasteiger partial charge < -0.3 is 15.2 Å². The maximum absolute atomic E-state index is 9.33. The van der Waals surface area contributed by atoms with Crippen molar-refractivity contribution in [2.45, 2.75) is 25.5 Å². The lowest BCUT2D eigenvalue weighted by Gasteiger charge is -2.16. The van der Waals surface area contributed by atoms with Gasteiger partial charge in [-0.15, -0.1) is 0 Å². The van der Waals surface area contributed by atoms with Crippen molar-refractivity contribution in [1.82, 2.24) is 5.32 Å². The van der Waals surface area contributed by atoms with Crippen LogP contribution in [0.3, 0.4) is 0 Å². The first-order chi connectivity index (χ1) is 6.20. The van der Waals surface area contributed by atoms with Crippen molar-refractivity contribution in [1.29, 1.82) is 0 Å². The molecular weight excluding hydrogens is 186 g/mol. The quantitative estimate of drug-likeness (QED) is 0.615. The van der Waals surface area contributed by atoms with Gasteiger partial charge in [-0.2, -0.15) is 11.8 Å². The molecule has 0 aliphatic heterocycles. The Kier molecular flexibility index (Phi) is 8.97. The lowest BCUT2D eigenvalue weighted by molar-refractivity contribution is 0.0630. The van der Waals surface area contributed by atoms with E-state index >= 15 is 0 Å². The first-order valence-electron chi connectivity index (χ1n) is 4.60. The molecule has 2 N–H and O–H groups in total. The number of aliphatic hydroxyl groups is 1. The number of hydrogen-bond acceptors (Lipinski definition) is 4. The van der Waals surface area contributed by atoms with Gasteiger partial charge in [0.25, 0.3) is 0 Å². The largest absolute Gasteiger partial charge is 0.389 e. The molecule has 13 heavy (non-hydrogen) atoms. The van der Waals surface area contributed by atoms with E-state index in [1.54, 1.807) is 7.11 Å². The zero-order valence-corrected chi connectivity index (χ0v) is 9.56. The number of nitrogens with one attached hydrogen (secondary N) is 1. The smallest absolute Gasteiger partial charge is 0.0897 e. The number of methoxy groups -OCH3 is 1. The van der Waals surface area contributed by atoms with Crippen molar-refractivity contribution in [3.8, 4) is 0 Å². The minimum absolute atomic E-state index is 0.387. The molecule has 0 aromatic heterocycles. The molecule has 0 aliphatic carbocycles. The summed E-state index contributed by atoms with van der Waals surface area (Å²) >= 11 is 1.85. The highest BCUT2D eigenvalue weighted by molar-refractivity contribution is 7.98. The van der Waals surface area contributed by atoms with Gasteiger partial charge in [0.15, 0.2) is 0 Å². The van der Waals surface area contributed by atoms with Gasteiger partial charge in [0.2, 0.25) is 0 Å². The first kappa shape index (κ1) is 13.2. The molecule has 0 fully saturated rings. The second kappa shape index (κ2) is 8.81. The topological polar surface area (TPSA) is 41.5 Å². The van der Waals surface area contributed by atoms with E-state index in [9.17, 15) is 5.11 Å². The lowest BCUT2D eigenvalue weighted by Crippen LogP contribution is -2.36. The summed E-state index contributed by atoms with van der Waals surface area (Å²) in [5, 5.41) is 12.6. The summed E-state index contributed by atoms with van der Waals surface area (Å²) in [6.07, 6.45) is 2.86. The second-order valence-electron chi connectivity index (χ2n) is 3.20. The molecule has 0 amide bonds. The van der Waals surface area contributed by atoms with Crippen molar-refractivity contribution in [2.75, 3.05) is 32.3 Å². The van der Waals surface area contributed by atoms with Gasteiger partial charge in [-0.05, 0) is 25.4 Å². The Morgan fingerprint density at radius 3 is 2.77 bits per heavy atom. The number of ether oxygens (including phenoxy) is 1. The molecule has 0 aromatic rings. The fourth-order valence-corrected chi connectivity index (χ4v) is 1.57. The molecule has 0 bridgehead atoms. The summed E-state index contributed by atoms with van der Waals surface area (Å²) in [4.78, 5) is 0. The molecule has 3 nitrogen and oxygen atoms in total. The third kappa shape index (κ3) is 8.56. The van der Waals surface area contributed by atoms with E-state index in [0.29, 0.717) is 19.2 Å². The van der Waals surface area contributed by atoms with Crippen LogP contribution in [0.5, 0.6) is 0 Å². The minimum Gasteiger partial charge on any atom is -0.389 e. The summed E-state index contributed by atoms with van der Waals surface area (Å²) in [6.45, 7) is 3.15. The molecule has 0 heterocycles. The van der Waals surface area contributed by atoms with Crippen LogP contribution in [0.25, 0.3) is 0 Å². The summed E-state index contributed by atoms with van der Waals surface area (Å²) in [7, 11) is 1.60. The van der Waals surface area contributed by atoms with Crippen LogP contribution in [0.2, 0.25) is 0 Å². The summed E-state index contributed by atoms with van der Waals surface area (Å²) in [5.74, 6) is 1.16. The third-order valence-corrected chi connectivity index (χ3v) is 2.46. The third-order valence-electron chi connectivity index (χ3n) is 1.82. The predicted molar refractivity (Wildman–Crippen MR) is 58.3 cm³/mol. The van der Waals surface area contributed by atoms with Crippen LogP contribution in [-0.2, 0) is 4.74 Å². The molecule has 0 radical (unpaired) electrons. The maximum atomic E-state index is 9.33. The number of hydrogen-bond donors (Lipinski definition) is 2. The Morgan fingerprint density at radius 2 is 2.23 bits per heavy atom. The lowest BCUT2D eigenvalue weighted by atomic mass is 10.2. The highest BCUT2D eigenvalue weighted by Crippen LogP contribution is 1.99. The molecular formula is C9H21NO2S. The van der Waals surface area contributed by atoms with E-state index in [0.717, 1.165) is 12.2 Å². The molecule has 0 aliphatic rings. The number of aliphatic hydroxyl groups excluding tert-OH is 1. The Hall–Kier alpha value is 0.230. The minimum atomic E-state index is -0.387. The van der Waals surface area contributed by atoms with E-state index in [1.165, 1.54) is 0 Å². The molecule has 2 unspecified atom stereocenters. The van der Waals surface area contributed by atoms with Crippen LogP contribution in [0, 0.1) is 0 Å². The zero-order valence-electron chi connectivity index (χ0n) is 8.75. The van der Waals surface area contributed by atoms with Gasteiger partial charge in [-0.3, -0.25) is 0 Å². The average Bonchev–Trinajstić information content (AvgIpc) is 2.12. The van der Waals surface area contributed by atoms with Gasteiger partial charge >= 0.3 is 0 Å². The molecule has 0 saturated heterocycles. The predicted octanol–water partition coefficient (Wildman–Crippen LogP) is 0.725. The van der Waals surface area contributed by atoms with Gasteiger partial charge in [0.05, 0.1) is 12.7 Å². The molecule has 4 heteroatoms. The Labute approximate surface area is 85.2 Å². The van der Waals surface area contributed by atoms with Crippen molar-refractivity contribution in [3.05, 3.63) is 0 Å². The number of thioether (sulfide) groups is 1. The van der Waals surface area contributed by atoms with Crippen LogP contribution in [0.15, 0.2) is 0 Å². The SMILES string of the molecule is COCC(O)CNC(C)CCSC. The van der Waals surface area contributed by atoms with Crippen molar-refractivity contribution < 1.29 is 9.84 Å². The van der Waals surface area contributed by atoms with Crippen LogP contribution < -0.4 is 5.32 Å². The summed E-state index contributed by atoms with van der Waals surface area (Å²) < 4.78 is 4.82. The zero-order chi connectivity index (χ0) is 10.1. The second-order valence-corrected chi connectivity index (χ2v) is 4.19. The average molecular weight is 207 g/mol.